The average Bonchev–Trinajstić information content (AvgIpc) is 3.10. The minimum Gasteiger partial charge on any atom is -0.376 e. The molecule has 124 valence electrons. The SMILES string of the molecule is CCS(=O)(=O)N1CC[C@H](OCC2CC2)[C@H]1Cc1cnn(C)c1. The summed E-state index contributed by atoms with van der Waals surface area (Å²) in [7, 11) is -1.32. The van der Waals surface area contributed by atoms with Gasteiger partial charge in [0.25, 0.3) is 0 Å². The van der Waals surface area contributed by atoms with Crippen molar-refractivity contribution in [3.05, 3.63) is 18.0 Å². The van der Waals surface area contributed by atoms with Crippen molar-refractivity contribution >= 4 is 10.0 Å². The molecular weight excluding hydrogens is 302 g/mol. The Hall–Kier alpha value is -0.920. The van der Waals surface area contributed by atoms with Crippen LogP contribution in [0.25, 0.3) is 0 Å². The van der Waals surface area contributed by atoms with E-state index in [-0.39, 0.29) is 17.9 Å². The number of aromatic nitrogens is 2. The fourth-order valence-corrected chi connectivity index (χ4v) is 4.44. The average molecular weight is 327 g/mol. The van der Waals surface area contributed by atoms with E-state index in [1.807, 2.05) is 19.4 Å². The van der Waals surface area contributed by atoms with Crippen molar-refractivity contribution in [1.82, 2.24) is 14.1 Å². The Balaban J connectivity index is 1.74. The molecule has 2 heterocycles. The quantitative estimate of drug-likeness (QED) is 0.754. The largest absolute Gasteiger partial charge is 0.376 e. The van der Waals surface area contributed by atoms with Crippen molar-refractivity contribution in [3.8, 4) is 0 Å². The molecule has 6 nitrogen and oxygen atoms in total. The molecular formula is C15H25N3O3S. The molecule has 0 unspecified atom stereocenters. The van der Waals surface area contributed by atoms with Crippen LogP contribution in [0.1, 0.15) is 31.7 Å². The molecule has 1 aromatic rings. The van der Waals surface area contributed by atoms with Crippen LogP contribution >= 0.6 is 0 Å². The third-order valence-electron chi connectivity index (χ3n) is 4.60. The Morgan fingerprint density at radius 3 is 2.73 bits per heavy atom. The summed E-state index contributed by atoms with van der Waals surface area (Å²) in [6.07, 6.45) is 7.72. The second kappa shape index (κ2) is 6.29. The van der Waals surface area contributed by atoms with Crippen LogP contribution in [-0.4, -0.2) is 53.6 Å². The normalized spacial score (nSPS) is 26.6. The molecule has 22 heavy (non-hydrogen) atoms. The topological polar surface area (TPSA) is 64.4 Å². The van der Waals surface area contributed by atoms with Gasteiger partial charge in [-0.15, -0.1) is 0 Å². The van der Waals surface area contributed by atoms with Gasteiger partial charge in [-0.3, -0.25) is 4.68 Å². The smallest absolute Gasteiger partial charge is 0.214 e. The number of sulfonamides is 1. The molecule has 2 atom stereocenters. The highest BCUT2D eigenvalue weighted by molar-refractivity contribution is 7.89. The monoisotopic (exact) mass is 327 g/mol. The fourth-order valence-electron chi connectivity index (χ4n) is 3.10. The predicted octanol–water partition coefficient (Wildman–Crippen LogP) is 1.18. The highest BCUT2D eigenvalue weighted by atomic mass is 32.2. The van der Waals surface area contributed by atoms with Crippen LogP contribution in [-0.2, 0) is 28.2 Å². The molecule has 7 heteroatoms. The molecule has 0 radical (unpaired) electrons. The molecule has 0 bridgehead atoms. The zero-order chi connectivity index (χ0) is 15.7. The molecule has 1 saturated carbocycles. The van der Waals surface area contributed by atoms with Gasteiger partial charge in [-0.25, -0.2) is 8.42 Å². The van der Waals surface area contributed by atoms with Crippen molar-refractivity contribution in [2.24, 2.45) is 13.0 Å². The van der Waals surface area contributed by atoms with Gasteiger partial charge in [0.15, 0.2) is 0 Å². The van der Waals surface area contributed by atoms with Gasteiger partial charge in [0.1, 0.15) is 0 Å². The van der Waals surface area contributed by atoms with E-state index in [0.717, 1.165) is 18.6 Å². The van der Waals surface area contributed by atoms with E-state index < -0.39 is 10.0 Å². The maximum Gasteiger partial charge on any atom is 0.214 e. The Labute approximate surface area is 132 Å². The van der Waals surface area contributed by atoms with Crippen molar-refractivity contribution in [1.29, 1.82) is 0 Å². The molecule has 0 aromatic carbocycles. The van der Waals surface area contributed by atoms with Gasteiger partial charge in [0.05, 0.1) is 24.1 Å². The first kappa shape index (κ1) is 16.0. The highest BCUT2D eigenvalue weighted by Gasteiger charge is 2.41. The zero-order valence-corrected chi connectivity index (χ0v) is 14.1. The lowest BCUT2D eigenvalue weighted by Gasteiger charge is -2.27. The summed E-state index contributed by atoms with van der Waals surface area (Å²) in [4.78, 5) is 0. The molecule has 3 rings (SSSR count). The molecule has 1 aliphatic carbocycles. The first-order valence-electron chi connectivity index (χ1n) is 8.08. The number of hydrogen-bond acceptors (Lipinski definition) is 4. The summed E-state index contributed by atoms with van der Waals surface area (Å²) in [5.74, 6) is 0.835. The van der Waals surface area contributed by atoms with Gasteiger partial charge in [0, 0.05) is 26.4 Å². The van der Waals surface area contributed by atoms with Crippen LogP contribution in [0.2, 0.25) is 0 Å². The van der Waals surface area contributed by atoms with Crippen LogP contribution in [0, 0.1) is 5.92 Å². The summed E-state index contributed by atoms with van der Waals surface area (Å²) in [5, 5.41) is 4.18. The highest BCUT2D eigenvalue weighted by Crippen LogP contribution is 2.32. The summed E-state index contributed by atoms with van der Waals surface area (Å²) < 4.78 is 34.2. The zero-order valence-electron chi connectivity index (χ0n) is 13.3. The number of nitrogens with zero attached hydrogens (tertiary/aromatic N) is 3. The summed E-state index contributed by atoms with van der Waals surface area (Å²) in [6, 6.07) is -0.104. The number of hydrogen-bond donors (Lipinski definition) is 0. The van der Waals surface area contributed by atoms with Crippen molar-refractivity contribution in [3.63, 3.8) is 0 Å². The van der Waals surface area contributed by atoms with Gasteiger partial charge in [-0.05, 0) is 44.1 Å². The third kappa shape index (κ3) is 3.52. The van der Waals surface area contributed by atoms with Crippen molar-refractivity contribution < 1.29 is 13.2 Å². The first-order chi connectivity index (χ1) is 10.5. The Morgan fingerprint density at radius 1 is 1.36 bits per heavy atom. The first-order valence-corrected chi connectivity index (χ1v) is 9.69. The van der Waals surface area contributed by atoms with E-state index in [9.17, 15) is 8.42 Å². The predicted molar refractivity (Wildman–Crippen MR) is 83.9 cm³/mol. The minimum absolute atomic E-state index is 0.00197. The lowest BCUT2D eigenvalue weighted by Crippen LogP contribution is -2.42. The van der Waals surface area contributed by atoms with Crippen LogP contribution in [0.5, 0.6) is 0 Å². The molecule has 1 aromatic heterocycles. The molecule has 0 spiro atoms. The molecule has 1 saturated heterocycles. The van der Waals surface area contributed by atoms with Crippen LogP contribution in [0.4, 0.5) is 0 Å². The second-order valence-electron chi connectivity index (χ2n) is 6.41. The van der Waals surface area contributed by atoms with E-state index in [1.165, 1.54) is 12.8 Å². The van der Waals surface area contributed by atoms with Crippen molar-refractivity contribution in [2.45, 2.75) is 44.8 Å². The van der Waals surface area contributed by atoms with Crippen LogP contribution < -0.4 is 0 Å². The molecule has 2 aliphatic rings. The Bertz CT molecular complexity index is 609. The number of ether oxygens (including phenoxy) is 1. The van der Waals surface area contributed by atoms with Crippen molar-refractivity contribution in [2.75, 3.05) is 18.9 Å². The third-order valence-corrected chi connectivity index (χ3v) is 6.50. The molecule has 1 aliphatic heterocycles. The lowest BCUT2D eigenvalue weighted by atomic mass is 10.1. The van der Waals surface area contributed by atoms with E-state index in [0.29, 0.717) is 18.9 Å². The van der Waals surface area contributed by atoms with Crippen LogP contribution in [0.3, 0.4) is 0 Å². The lowest BCUT2D eigenvalue weighted by molar-refractivity contribution is 0.0305. The van der Waals surface area contributed by atoms with Crippen LogP contribution in [0.15, 0.2) is 12.4 Å². The number of aryl methyl sites for hydroxylation is 1. The summed E-state index contributed by atoms with van der Waals surface area (Å²) in [6.45, 7) is 3.04. The molecule has 0 amide bonds. The summed E-state index contributed by atoms with van der Waals surface area (Å²) in [5.41, 5.74) is 1.06. The Morgan fingerprint density at radius 2 is 2.14 bits per heavy atom. The second-order valence-corrected chi connectivity index (χ2v) is 8.62. The minimum atomic E-state index is -3.19. The van der Waals surface area contributed by atoms with E-state index in [2.05, 4.69) is 5.10 Å². The van der Waals surface area contributed by atoms with Gasteiger partial charge in [0.2, 0.25) is 10.0 Å². The molecule has 0 N–H and O–H groups in total. The van der Waals surface area contributed by atoms with E-state index in [4.69, 9.17) is 4.74 Å². The molecule has 2 fully saturated rings. The fraction of sp³-hybridized carbons (Fsp3) is 0.800. The van der Waals surface area contributed by atoms with Gasteiger partial charge in [-0.1, -0.05) is 0 Å². The van der Waals surface area contributed by atoms with E-state index >= 15 is 0 Å². The van der Waals surface area contributed by atoms with Gasteiger partial charge >= 0.3 is 0 Å². The van der Waals surface area contributed by atoms with Gasteiger partial charge in [-0.2, -0.15) is 9.40 Å². The standard InChI is InChI=1S/C15H25N3O3S/c1-3-22(19,20)18-7-6-15(21-11-12-4-5-12)14(18)8-13-9-16-17(2)10-13/h9-10,12,14-15H,3-8,11H2,1-2H3/t14-,15+/m1/s1. The Kier molecular flexibility index (Phi) is 4.56. The van der Waals surface area contributed by atoms with E-state index in [1.54, 1.807) is 15.9 Å². The maximum absolute atomic E-state index is 12.4. The summed E-state index contributed by atoms with van der Waals surface area (Å²) >= 11 is 0. The number of rotatable bonds is 7. The van der Waals surface area contributed by atoms with Gasteiger partial charge < -0.3 is 4.74 Å². The maximum atomic E-state index is 12.4.